The van der Waals surface area contributed by atoms with Gasteiger partial charge in [0.25, 0.3) is 0 Å². The first-order chi connectivity index (χ1) is 25.1. The van der Waals surface area contributed by atoms with Crippen LogP contribution in [0.3, 0.4) is 0 Å². The van der Waals surface area contributed by atoms with Crippen LogP contribution >= 0.6 is 0 Å². The Morgan fingerprint density at radius 1 is 0.373 bits per heavy atom. The molecule has 3 heteroatoms. The maximum absolute atomic E-state index is 11.4. The number of rotatable bonds is 43. The van der Waals surface area contributed by atoms with Gasteiger partial charge in [0.1, 0.15) is 0 Å². The van der Waals surface area contributed by atoms with Gasteiger partial charge in [0, 0.05) is 13.5 Å². The summed E-state index contributed by atoms with van der Waals surface area (Å²) in [7, 11) is 0. The number of amides is 1. The smallest absolute Gasteiger partial charge is 0.216 e. The van der Waals surface area contributed by atoms with Gasteiger partial charge in [-0.15, -0.1) is 0 Å². The molecule has 0 aliphatic rings. The summed E-state index contributed by atoms with van der Waals surface area (Å²) in [4.78, 5) is 14.1. The van der Waals surface area contributed by atoms with Gasteiger partial charge in [-0.3, -0.25) is 4.79 Å². The highest BCUT2D eigenvalue weighted by Gasteiger charge is 2.11. The number of nitrogens with zero attached hydrogens (tertiary/aromatic N) is 1. The Morgan fingerprint density at radius 2 is 0.667 bits per heavy atom. The summed E-state index contributed by atoms with van der Waals surface area (Å²) in [6.45, 7) is 15.4. The van der Waals surface area contributed by atoms with Gasteiger partial charge in [-0.1, -0.05) is 240 Å². The standard InChI is InChI=1S/C48H98N2O/c1-6-10-13-16-21-28-37-47(36-9-4)38-29-24-19-26-33-43-50(45-35-42-49-46(5)51)44-34-27-20-25-32-41-48(39-30-22-17-14-11-7-2)40-31-23-18-15-12-8-3/h47-48H,6-45H2,1-5H3,(H,49,51). The van der Waals surface area contributed by atoms with E-state index in [4.69, 9.17) is 0 Å². The third-order valence-electron chi connectivity index (χ3n) is 11.8. The molecule has 1 N–H and O–H groups in total. The zero-order chi connectivity index (χ0) is 37.3. The summed E-state index contributed by atoms with van der Waals surface area (Å²) in [5.74, 6) is 2.08. The Bertz CT molecular complexity index is 650. The first-order valence-electron chi connectivity index (χ1n) is 24.0. The average molecular weight is 719 g/mol. The van der Waals surface area contributed by atoms with Crippen LogP contribution in [0.25, 0.3) is 0 Å². The number of unbranched alkanes of at least 4 members (excludes halogenated alkanes) is 23. The van der Waals surface area contributed by atoms with Gasteiger partial charge in [0.15, 0.2) is 0 Å². The van der Waals surface area contributed by atoms with E-state index < -0.39 is 0 Å². The predicted octanol–water partition coefficient (Wildman–Crippen LogP) is 15.8. The molecular formula is C48H98N2O. The molecule has 0 fully saturated rings. The fraction of sp³-hybridized carbons (Fsp3) is 0.979. The van der Waals surface area contributed by atoms with E-state index in [1.165, 1.54) is 238 Å². The van der Waals surface area contributed by atoms with E-state index in [1.54, 1.807) is 6.92 Å². The normalized spacial score (nSPS) is 12.4. The molecule has 0 heterocycles. The van der Waals surface area contributed by atoms with Crippen molar-refractivity contribution < 1.29 is 4.79 Å². The molecule has 0 radical (unpaired) electrons. The molecule has 1 unspecified atom stereocenters. The molecule has 1 atom stereocenters. The third kappa shape index (κ3) is 39.0. The second-order valence-corrected chi connectivity index (χ2v) is 17.0. The molecular weight excluding hydrogens is 621 g/mol. The maximum atomic E-state index is 11.4. The topological polar surface area (TPSA) is 32.3 Å². The van der Waals surface area contributed by atoms with Crippen molar-refractivity contribution in [3.63, 3.8) is 0 Å². The van der Waals surface area contributed by atoms with Crippen LogP contribution in [0.2, 0.25) is 0 Å². The average Bonchev–Trinajstić information content (AvgIpc) is 3.12. The van der Waals surface area contributed by atoms with Crippen LogP contribution in [-0.2, 0) is 4.79 Å². The summed E-state index contributed by atoms with van der Waals surface area (Å²) in [6, 6.07) is 0. The van der Waals surface area contributed by atoms with E-state index in [9.17, 15) is 4.79 Å². The monoisotopic (exact) mass is 719 g/mol. The molecule has 51 heavy (non-hydrogen) atoms. The van der Waals surface area contributed by atoms with E-state index >= 15 is 0 Å². The Kier molecular flexibility index (Phi) is 41.7. The second kappa shape index (κ2) is 42.2. The quantitative estimate of drug-likeness (QED) is 0.0637. The minimum absolute atomic E-state index is 0.107. The van der Waals surface area contributed by atoms with Crippen molar-refractivity contribution in [2.75, 3.05) is 26.2 Å². The van der Waals surface area contributed by atoms with Crippen molar-refractivity contribution in [3.8, 4) is 0 Å². The van der Waals surface area contributed by atoms with Gasteiger partial charge in [-0.05, 0) is 50.7 Å². The Balaban J connectivity index is 4.32. The summed E-state index contributed by atoms with van der Waals surface area (Å²) in [5, 5.41) is 3.01. The molecule has 0 saturated carbocycles. The Hall–Kier alpha value is -0.570. The lowest BCUT2D eigenvalue weighted by molar-refractivity contribution is -0.118. The van der Waals surface area contributed by atoms with E-state index in [0.717, 1.165) is 31.3 Å². The van der Waals surface area contributed by atoms with Crippen LogP contribution in [0.1, 0.15) is 266 Å². The highest BCUT2D eigenvalue weighted by molar-refractivity contribution is 5.72. The zero-order valence-corrected chi connectivity index (χ0v) is 36.3. The predicted molar refractivity (Wildman–Crippen MR) is 231 cm³/mol. The molecule has 3 nitrogen and oxygen atoms in total. The van der Waals surface area contributed by atoms with Crippen LogP contribution in [0, 0.1) is 11.8 Å². The maximum Gasteiger partial charge on any atom is 0.216 e. The van der Waals surface area contributed by atoms with Gasteiger partial charge in [-0.25, -0.2) is 0 Å². The van der Waals surface area contributed by atoms with Crippen molar-refractivity contribution in [2.45, 2.75) is 266 Å². The van der Waals surface area contributed by atoms with Crippen LogP contribution in [-0.4, -0.2) is 37.0 Å². The number of hydrogen-bond donors (Lipinski definition) is 1. The largest absolute Gasteiger partial charge is 0.356 e. The lowest BCUT2D eigenvalue weighted by Gasteiger charge is -2.22. The van der Waals surface area contributed by atoms with Gasteiger partial charge in [0.05, 0.1) is 0 Å². The molecule has 306 valence electrons. The molecule has 0 aromatic rings. The van der Waals surface area contributed by atoms with E-state index in [0.29, 0.717) is 0 Å². The molecule has 0 saturated heterocycles. The summed E-state index contributed by atoms with van der Waals surface area (Å²) >= 11 is 0. The third-order valence-corrected chi connectivity index (χ3v) is 11.8. The van der Waals surface area contributed by atoms with Gasteiger partial charge < -0.3 is 10.2 Å². The van der Waals surface area contributed by atoms with Gasteiger partial charge in [0.2, 0.25) is 5.91 Å². The van der Waals surface area contributed by atoms with Crippen molar-refractivity contribution >= 4 is 5.91 Å². The number of carbonyl (C=O) groups is 1. The molecule has 0 aromatic carbocycles. The molecule has 1 amide bonds. The number of hydrogen-bond acceptors (Lipinski definition) is 2. The summed E-state index contributed by atoms with van der Waals surface area (Å²) in [6.07, 6.45) is 51.2. The second-order valence-electron chi connectivity index (χ2n) is 17.0. The minimum Gasteiger partial charge on any atom is -0.356 e. The summed E-state index contributed by atoms with van der Waals surface area (Å²) in [5.41, 5.74) is 0. The molecule has 0 spiro atoms. The first kappa shape index (κ1) is 50.4. The molecule has 0 rings (SSSR count). The molecule has 0 aliphatic heterocycles. The fourth-order valence-electron chi connectivity index (χ4n) is 8.41. The van der Waals surface area contributed by atoms with Crippen LogP contribution in [0.15, 0.2) is 0 Å². The highest BCUT2D eigenvalue weighted by Crippen LogP contribution is 2.25. The summed E-state index contributed by atoms with van der Waals surface area (Å²) < 4.78 is 0. The molecule has 0 bridgehead atoms. The van der Waals surface area contributed by atoms with Crippen molar-refractivity contribution in [1.29, 1.82) is 0 Å². The SMILES string of the molecule is CCCCCCCCC(CCC)CCCCCCCN(CCCCCCCC(CCCCCCCC)CCCCCCCC)CCCNC(C)=O. The van der Waals surface area contributed by atoms with E-state index in [1.807, 2.05) is 0 Å². The Labute approximate surface area is 323 Å². The number of carbonyl (C=O) groups excluding carboxylic acids is 1. The lowest BCUT2D eigenvalue weighted by atomic mass is 9.89. The van der Waals surface area contributed by atoms with Crippen LogP contribution < -0.4 is 5.32 Å². The van der Waals surface area contributed by atoms with Crippen LogP contribution in [0.5, 0.6) is 0 Å². The molecule has 0 aromatic heterocycles. The van der Waals surface area contributed by atoms with Crippen molar-refractivity contribution in [2.24, 2.45) is 11.8 Å². The zero-order valence-electron chi connectivity index (χ0n) is 36.3. The first-order valence-corrected chi connectivity index (χ1v) is 24.0. The number of nitrogens with one attached hydrogen (secondary N) is 1. The van der Waals surface area contributed by atoms with E-state index in [-0.39, 0.29) is 5.91 Å². The minimum atomic E-state index is 0.107. The highest BCUT2D eigenvalue weighted by atomic mass is 16.1. The van der Waals surface area contributed by atoms with E-state index in [2.05, 4.69) is 37.9 Å². The van der Waals surface area contributed by atoms with Crippen molar-refractivity contribution in [1.82, 2.24) is 10.2 Å². The van der Waals surface area contributed by atoms with Crippen LogP contribution in [0.4, 0.5) is 0 Å². The fourth-order valence-corrected chi connectivity index (χ4v) is 8.41. The lowest BCUT2D eigenvalue weighted by Crippen LogP contribution is -2.30. The van der Waals surface area contributed by atoms with Crippen molar-refractivity contribution in [3.05, 3.63) is 0 Å². The van der Waals surface area contributed by atoms with Gasteiger partial charge in [-0.2, -0.15) is 0 Å². The van der Waals surface area contributed by atoms with Gasteiger partial charge >= 0.3 is 0 Å². The Morgan fingerprint density at radius 3 is 1.00 bits per heavy atom. The molecule has 0 aliphatic carbocycles.